The average molecular weight is 1120 g/mol. The van der Waals surface area contributed by atoms with E-state index >= 15 is 0 Å². The molecule has 1 atom stereocenters. The fourth-order valence-electron chi connectivity index (χ4n) is 8.89. The Bertz CT molecular complexity index is 1760. The van der Waals surface area contributed by atoms with Gasteiger partial charge in [-0.25, -0.2) is 0 Å². The van der Waals surface area contributed by atoms with Crippen molar-refractivity contribution >= 4 is 17.9 Å². The first-order valence-corrected chi connectivity index (χ1v) is 33.3. The van der Waals surface area contributed by atoms with E-state index in [9.17, 15) is 14.4 Å². The molecule has 0 heterocycles. The van der Waals surface area contributed by atoms with Gasteiger partial charge in [0.1, 0.15) is 13.2 Å². The second-order valence-corrected chi connectivity index (χ2v) is 21.6. The summed E-state index contributed by atoms with van der Waals surface area (Å²) in [5.74, 6) is -0.973. The van der Waals surface area contributed by atoms with Crippen LogP contribution in [-0.2, 0) is 28.6 Å². The van der Waals surface area contributed by atoms with Gasteiger partial charge in [0.2, 0.25) is 0 Å². The number of rotatable bonds is 59. The van der Waals surface area contributed by atoms with E-state index < -0.39 is 6.10 Å². The van der Waals surface area contributed by atoms with Crippen LogP contribution in [0.2, 0.25) is 0 Å². The molecule has 1 unspecified atom stereocenters. The van der Waals surface area contributed by atoms with Crippen molar-refractivity contribution in [2.45, 2.75) is 297 Å². The third-order valence-electron chi connectivity index (χ3n) is 13.8. The Labute approximate surface area is 499 Å². The molecule has 81 heavy (non-hydrogen) atoms. The van der Waals surface area contributed by atoms with E-state index in [1.54, 1.807) is 0 Å². The van der Waals surface area contributed by atoms with Crippen LogP contribution in [0, 0.1) is 0 Å². The number of esters is 3. The largest absolute Gasteiger partial charge is 0.462 e. The van der Waals surface area contributed by atoms with E-state index in [0.717, 1.165) is 128 Å². The lowest BCUT2D eigenvalue weighted by Crippen LogP contribution is -2.30. The van der Waals surface area contributed by atoms with Crippen molar-refractivity contribution < 1.29 is 28.6 Å². The molecular weight excluding hydrogens is 997 g/mol. The maximum Gasteiger partial charge on any atom is 0.306 e. The first kappa shape index (κ1) is 76.3. The smallest absolute Gasteiger partial charge is 0.306 e. The van der Waals surface area contributed by atoms with Crippen molar-refractivity contribution in [3.8, 4) is 0 Å². The zero-order valence-corrected chi connectivity index (χ0v) is 52.5. The third-order valence-corrected chi connectivity index (χ3v) is 13.8. The molecule has 0 amide bonds. The summed E-state index contributed by atoms with van der Waals surface area (Å²) in [7, 11) is 0. The van der Waals surface area contributed by atoms with Gasteiger partial charge in [0.15, 0.2) is 6.10 Å². The minimum absolute atomic E-state index is 0.106. The summed E-state index contributed by atoms with van der Waals surface area (Å²) in [5, 5.41) is 0. The lowest BCUT2D eigenvalue weighted by atomic mass is 10.0. The van der Waals surface area contributed by atoms with Gasteiger partial charge in [-0.3, -0.25) is 14.4 Å². The Hall–Kier alpha value is -4.71. The van der Waals surface area contributed by atoms with Crippen LogP contribution in [0.15, 0.2) is 146 Å². The molecular formula is C75H122O6. The van der Waals surface area contributed by atoms with Crippen molar-refractivity contribution in [2.24, 2.45) is 0 Å². The molecule has 0 bridgehead atoms. The Kier molecular flexibility index (Phi) is 63.9. The van der Waals surface area contributed by atoms with Gasteiger partial charge in [0, 0.05) is 19.3 Å². The molecule has 0 saturated carbocycles. The lowest BCUT2D eigenvalue weighted by Gasteiger charge is -2.18. The second-order valence-electron chi connectivity index (χ2n) is 21.6. The van der Waals surface area contributed by atoms with Crippen molar-refractivity contribution in [3.63, 3.8) is 0 Å². The summed E-state index contributed by atoms with van der Waals surface area (Å²) in [6.07, 6.45) is 97.3. The zero-order valence-electron chi connectivity index (χ0n) is 52.5. The highest BCUT2D eigenvalue weighted by Crippen LogP contribution is 2.16. The van der Waals surface area contributed by atoms with E-state index in [0.29, 0.717) is 19.3 Å². The molecule has 458 valence electrons. The first-order chi connectivity index (χ1) is 40.0. The highest BCUT2D eigenvalue weighted by Gasteiger charge is 2.19. The van der Waals surface area contributed by atoms with E-state index in [2.05, 4.69) is 167 Å². The monoisotopic (exact) mass is 1120 g/mol. The van der Waals surface area contributed by atoms with Crippen LogP contribution >= 0.6 is 0 Å². The average Bonchev–Trinajstić information content (AvgIpc) is 3.46. The summed E-state index contributed by atoms with van der Waals surface area (Å²) in [6, 6.07) is 0. The molecule has 0 aliphatic carbocycles. The van der Waals surface area contributed by atoms with Crippen LogP contribution in [0.25, 0.3) is 0 Å². The van der Waals surface area contributed by atoms with Crippen LogP contribution in [0.3, 0.4) is 0 Å². The summed E-state index contributed by atoms with van der Waals surface area (Å²) < 4.78 is 16.9. The van der Waals surface area contributed by atoms with Gasteiger partial charge in [-0.15, -0.1) is 0 Å². The number of carbonyl (C=O) groups is 3. The molecule has 6 heteroatoms. The maximum atomic E-state index is 12.9. The van der Waals surface area contributed by atoms with Crippen LogP contribution in [0.1, 0.15) is 290 Å². The third kappa shape index (κ3) is 66.0. The number of carbonyl (C=O) groups excluding carboxylic acids is 3. The molecule has 0 rings (SSSR count). The van der Waals surface area contributed by atoms with Crippen LogP contribution in [0.4, 0.5) is 0 Å². The van der Waals surface area contributed by atoms with Gasteiger partial charge in [-0.2, -0.15) is 0 Å². The normalized spacial score (nSPS) is 13.1. The van der Waals surface area contributed by atoms with Crippen molar-refractivity contribution in [1.82, 2.24) is 0 Å². The Balaban J connectivity index is 4.28. The van der Waals surface area contributed by atoms with Crippen molar-refractivity contribution in [3.05, 3.63) is 146 Å². The zero-order chi connectivity index (χ0) is 58.5. The molecule has 0 radical (unpaired) electrons. The van der Waals surface area contributed by atoms with Gasteiger partial charge in [-0.05, 0) is 135 Å². The number of unbranched alkanes of at least 4 members (excludes halogenated alkanes) is 24. The van der Waals surface area contributed by atoms with E-state index in [4.69, 9.17) is 14.2 Å². The summed E-state index contributed by atoms with van der Waals surface area (Å²) in [6.45, 7) is 6.35. The molecule has 0 saturated heterocycles. The minimum atomic E-state index is -0.816. The summed E-state index contributed by atoms with van der Waals surface area (Å²) >= 11 is 0. The first-order valence-electron chi connectivity index (χ1n) is 33.3. The SMILES string of the molecule is CC/C=C\C/C=C\C/C=C\C/C=C\C/C=C\C/C=C\CCCCCCCCCCCCCCCCC(=O)OCC(COC(=O)CCCCCCC/C=C\CCCCCC)OC(=O)CCC/C=C\C/C=C\C/C=C\C/C=C\C/C=C\CC. The summed E-state index contributed by atoms with van der Waals surface area (Å²) in [5.41, 5.74) is 0. The molecule has 0 aliphatic heterocycles. The molecule has 0 fully saturated rings. The molecule has 0 aromatic heterocycles. The fourth-order valence-corrected chi connectivity index (χ4v) is 8.89. The van der Waals surface area contributed by atoms with Crippen LogP contribution in [0.5, 0.6) is 0 Å². The number of hydrogen-bond acceptors (Lipinski definition) is 6. The summed E-state index contributed by atoms with van der Waals surface area (Å²) in [4.78, 5) is 38.3. The van der Waals surface area contributed by atoms with Gasteiger partial charge in [-0.1, -0.05) is 282 Å². The lowest BCUT2D eigenvalue weighted by molar-refractivity contribution is -0.167. The Morgan fingerprint density at radius 1 is 0.259 bits per heavy atom. The van der Waals surface area contributed by atoms with E-state index in [-0.39, 0.29) is 37.5 Å². The topological polar surface area (TPSA) is 78.9 Å². The molecule has 0 aliphatic rings. The molecule has 6 nitrogen and oxygen atoms in total. The van der Waals surface area contributed by atoms with Gasteiger partial charge < -0.3 is 14.2 Å². The highest BCUT2D eigenvalue weighted by atomic mass is 16.6. The van der Waals surface area contributed by atoms with Gasteiger partial charge in [0.05, 0.1) is 0 Å². The van der Waals surface area contributed by atoms with Gasteiger partial charge in [0.25, 0.3) is 0 Å². The predicted octanol–water partition coefficient (Wildman–Crippen LogP) is 23.1. The fraction of sp³-hybridized carbons (Fsp3) is 0.640. The standard InChI is InChI=1S/C75H122O6/c1-4-7-10-13-16-19-22-25-27-29-30-31-32-33-34-35-36-37-38-39-40-41-42-43-44-46-47-50-53-56-59-62-65-68-74(77)80-71-72(70-79-73(76)67-64-61-58-55-52-49-24-21-18-15-12-9-6-3)81-75(78)69-66-63-60-57-54-51-48-45-28-26-23-20-17-14-11-8-5-2/h7-8,10-11,16-17,19-21,24-28,30-31,33-34,36-37,48,51,57,60,72H,4-6,9,12-15,18,22-23,29,32,35,38-47,49-50,52-56,58-59,61-71H2,1-3H3/b10-7-,11-8-,19-16-,20-17-,24-21-,27-25-,28-26-,31-30-,34-33-,37-36-,51-48-,60-57-. The second kappa shape index (κ2) is 67.8. The Morgan fingerprint density at radius 2 is 0.494 bits per heavy atom. The van der Waals surface area contributed by atoms with E-state index in [1.165, 1.54) is 116 Å². The van der Waals surface area contributed by atoms with Gasteiger partial charge >= 0.3 is 17.9 Å². The number of allylic oxidation sites excluding steroid dienone is 24. The minimum Gasteiger partial charge on any atom is -0.462 e. The molecule has 0 spiro atoms. The maximum absolute atomic E-state index is 12.9. The molecule has 0 N–H and O–H groups in total. The van der Waals surface area contributed by atoms with Crippen molar-refractivity contribution in [1.29, 1.82) is 0 Å². The molecule has 0 aromatic carbocycles. The highest BCUT2D eigenvalue weighted by molar-refractivity contribution is 5.71. The van der Waals surface area contributed by atoms with Crippen LogP contribution < -0.4 is 0 Å². The van der Waals surface area contributed by atoms with Crippen LogP contribution in [-0.4, -0.2) is 37.2 Å². The predicted molar refractivity (Wildman–Crippen MR) is 352 cm³/mol. The van der Waals surface area contributed by atoms with Crippen molar-refractivity contribution in [2.75, 3.05) is 13.2 Å². The van der Waals surface area contributed by atoms with E-state index in [1.807, 2.05) is 0 Å². The Morgan fingerprint density at radius 3 is 0.802 bits per heavy atom. The number of hydrogen-bond donors (Lipinski definition) is 0. The quantitative estimate of drug-likeness (QED) is 0.0261. The molecule has 0 aromatic rings. The number of ether oxygens (including phenoxy) is 3.